The van der Waals surface area contributed by atoms with E-state index in [1.54, 1.807) is 4.52 Å². The van der Waals surface area contributed by atoms with Crippen LogP contribution in [-0.4, -0.2) is 43.2 Å². The molecule has 0 saturated carbocycles. The third-order valence-electron chi connectivity index (χ3n) is 3.25. The van der Waals surface area contributed by atoms with Crippen molar-refractivity contribution in [1.29, 1.82) is 0 Å². The van der Waals surface area contributed by atoms with Crippen LogP contribution in [0.25, 0.3) is 5.78 Å². The standard InChI is InChI=1S/C14H21N5O2/c1-4-11(20)5-6-15-13(21)8-12-17-14-16-9(2)7-10(3)19(14)18-12/h7,11,20H,4-6,8H2,1-3H3,(H,15,21). The van der Waals surface area contributed by atoms with Gasteiger partial charge in [0.1, 0.15) is 0 Å². The summed E-state index contributed by atoms with van der Waals surface area (Å²) in [5, 5.41) is 16.5. The van der Waals surface area contributed by atoms with Crippen LogP contribution in [0, 0.1) is 13.8 Å². The van der Waals surface area contributed by atoms with Gasteiger partial charge in [0, 0.05) is 17.9 Å². The van der Waals surface area contributed by atoms with Crippen LogP contribution in [0.4, 0.5) is 0 Å². The summed E-state index contributed by atoms with van der Waals surface area (Å²) in [5.41, 5.74) is 1.81. The maximum absolute atomic E-state index is 11.8. The summed E-state index contributed by atoms with van der Waals surface area (Å²) in [5.74, 6) is 0.810. The summed E-state index contributed by atoms with van der Waals surface area (Å²) in [6, 6.07) is 1.91. The summed E-state index contributed by atoms with van der Waals surface area (Å²) >= 11 is 0. The largest absolute Gasteiger partial charge is 0.393 e. The van der Waals surface area contributed by atoms with Crippen molar-refractivity contribution in [2.24, 2.45) is 0 Å². The fraction of sp³-hybridized carbons (Fsp3) is 0.571. The lowest BCUT2D eigenvalue weighted by molar-refractivity contribution is -0.120. The number of nitrogens with zero attached hydrogens (tertiary/aromatic N) is 4. The predicted octanol–water partition coefficient (Wildman–Crippen LogP) is 0.561. The average Bonchev–Trinajstić information content (AvgIpc) is 2.81. The van der Waals surface area contributed by atoms with Crippen LogP contribution in [0.3, 0.4) is 0 Å². The fourth-order valence-electron chi connectivity index (χ4n) is 2.07. The predicted molar refractivity (Wildman–Crippen MR) is 77.9 cm³/mol. The van der Waals surface area contributed by atoms with E-state index in [4.69, 9.17) is 0 Å². The molecule has 2 rings (SSSR count). The van der Waals surface area contributed by atoms with E-state index in [0.717, 1.165) is 11.4 Å². The molecule has 0 aliphatic carbocycles. The van der Waals surface area contributed by atoms with Crippen molar-refractivity contribution >= 4 is 11.7 Å². The Kier molecular flexibility index (Phi) is 4.85. The van der Waals surface area contributed by atoms with Crippen molar-refractivity contribution in [1.82, 2.24) is 24.9 Å². The third kappa shape index (κ3) is 3.98. The van der Waals surface area contributed by atoms with Crippen molar-refractivity contribution in [2.75, 3.05) is 6.54 Å². The molecule has 0 aliphatic heterocycles. The third-order valence-corrected chi connectivity index (χ3v) is 3.25. The molecule has 7 heteroatoms. The molecule has 0 aliphatic rings. The summed E-state index contributed by atoms with van der Waals surface area (Å²) in [4.78, 5) is 20.4. The Morgan fingerprint density at radius 2 is 2.19 bits per heavy atom. The highest BCUT2D eigenvalue weighted by Crippen LogP contribution is 2.05. The first-order chi connectivity index (χ1) is 9.99. The number of rotatable bonds is 6. The van der Waals surface area contributed by atoms with Gasteiger partial charge in [-0.2, -0.15) is 4.98 Å². The Morgan fingerprint density at radius 1 is 1.43 bits per heavy atom. The molecule has 21 heavy (non-hydrogen) atoms. The van der Waals surface area contributed by atoms with Crippen LogP contribution in [0.1, 0.15) is 37.0 Å². The van der Waals surface area contributed by atoms with Crippen LogP contribution in [0.5, 0.6) is 0 Å². The summed E-state index contributed by atoms with van der Waals surface area (Å²) in [6.07, 6.45) is 0.993. The number of carbonyl (C=O) groups excluding carboxylic acids is 1. The highest BCUT2D eigenvalue weighted by Gasteiger charge is 2.11. The Balaban J connectivity index is 1.97. The zero-order valence-electron chi connectivity index (χ0n) is 12.6. The fourth-order valence-corrected chi connectivity index (χ4v) is 2.07. The van der Waals surface area contributed by atoms with E-state index in [-0.39, 0.29) is 18.4 Å². The molecule has 2 N–H and O–H groups in total. The van der Waals surface area contributed by atoms with Gasteiger partial charge in [0.05, 0.1) is 12.5 Å². The van der Waals surface area contributed by atoms with E-state index < -0.39 is 0 Å². The molecule has 0 fully saturated rings. The van der Waals surface area contributed by atoms with E-state index in [1.165, 1.54) is 0 Å². The van der Waals surface area contributed by atoms with Crippen LogP contribution in [-0.2, 0) is 11.2 Å². The molecule has 1 atom stereocenters. The van der Waals surface area contributed by atoms with Gasteiger partial charge in [0.15, 0.2) is 5.82 Å². The number of hydrogen-bond donors (Lipinski definition) is 2. The van der Waals surface area contributed by atoms with Crippen molar-refractivity contribution < 1.29 is 9.90 Å². The first-order valence-electron chi connectivity index (χ1n) is 7.14. The van der Waals surface area contributed by atoms with Crippen LogP contribution >= 0.6 is 0 Å². The van der Waals surface area contributed by atoms with E-state index in [1.807, 2.05) is 26.8 Å². The summed E-state index contributed by atoms with van der Waals surface area (Å²) in [7, 11) is 0. The number of aromatic nitrogens is 4. The molecule has 2 aromatic heterocycles. The van der Waals surface area contributed by atoms with Gasteiger partial charge in [-0.3, -0.25) is 4.79 Å². The molecule has 1 unspecified atom stereocenters. The van der Waals surface area contributed by atoms with Crippen LogP contribution in [0.15, 0.2) is 6.07 Å². The van der Waals surface area contributed by atoms with E-state index >= 15 is 0 Å². The minimum atomic E-state index is -0.367. The lowest BCUT2D eigenvalue weighted by atomic mass is 10.2. The number of hydrogen-bond acceptors (Lipinski definition) is 5. The number of nitrogens with one attached hydrogen (secondary N) is 1. The maximum atomic E-state index is 11.8. The molecule has 1 amide bonds. The quantitative estimate of drug-likeness (QED) is 0.811. The number of amides is 1. The van der Waals surface area contributed by atoms with Crippen molar-refractivity contribution in [3.63, 3.8) is 0 Å². The molecule has 7 nitrogen and oxygen atoms in total. The molecule has 2 aromatic rings. The first kappa shape index (κ1) is 15.4. The Hall–Kier alpha value is -2.02. The molecule has 0 radical (unpaired) electrons. The molecule has 114 valence electrons. The van der Waals surface area contributed by atoms with E-state index in [9.17, 15) is 9.90 Å². The normalized spacial score (nSPS) is 12.6. The molecule has 0 saturated heterocycles. The number of aliphatic hydroxyl groups excluding tert-OH is 1. The smallest absolute Gasteiger partial charge is 0.252 e. The van der Waals surface area contributed by atoms with Gasteiger partial charge < -0.3 is 10.4 Å². The Morgan fingerprint density at radius 3 is 2.90 bits per heavy atom. The summed E-state index contributed by atoms with van der Waals surface area (Å²) in [6.45, 7) is 6.18. The topological polar surface area (TPSA) is 92.4 Å². The molecule has 2 heterocycles. The van der Waals surface area contributed by atoms with Crippen molar-refractivity contribution in [3.8, 4) is 0 Å². The average molecular weight is 291 g/mol. The zero-order valence-corrected chi connectivity index (χ0v) is 12.6. The Labute approximate surface area is 123 Å². The highest BCUT2D eigenvalue weighted by molar-refractivity contribution is 5.77. The lowest BCUT2D eigenvalue weighted by Gasteiger charge is -2.07. The van der Waals surface area contributed by atoms with Gasteiger partial charge in [-0.05, 0) is 32.8 Å². The number of carbonyl (C=O) groups is 1. The van der Waals surface area contributed by atoms with Gasteiger partial charge in [-0.25, -0.2) is 9.50 Å². The minimum Gasteiger partial charge on any atom is -0.393 e. The Bertz CT molecular complexity index is 638. The monoisotopic (exact) mass is 291 g/mol. The first-order valence-corrected chi connectivity index (χ1v) is 7.14. The maximum Gasteiger partial charge on any atom is 0.252 e. The lowest BCUT2D eigenvalue weighted by Crippen LogP contribution is -2.28. The van der Waals surface area contributed by atoms with Gasteiger partial charge in [-0.1, -0.05) is 6.92 Å². The van der Waals surface area contributed by atoms with Gasteiger partial charge >= 0.3 is 0 Å². The van der Waals surface area contributed by atoms with Crippen molar-refractivity contribution in [3.05, 3.63) is 23.3 Å². The van der Waals surface area contributed by atoms with Gasteiger partial charge in [-0.15, -0.1) is 5.10 Å². The minimum absolute atomic E-state index is 0.115. The molecular formula is C14H21N5O2. The van der Waals surface area contributed by atoms with Crippen LogP contribution < -0.4 is 5.32 Å². The molecule has 0 spiro atoms. The molecular weight excluding hydrogens is 270 g/mol. The molecule has 0 aromatic carbocycles. The van der Waals surface area contributed by atoms with Crippen LogP contribution in [0.2, 0.25) is 0 Å². The second-order valence-corrected chi connectivity index (χ2v) is 5.16. The highest BCUT2D eigenvalue weighted by atomic mass is 16.3. The second-order valence-electron chi connectivity index (χ2n) is 5.16. The second kappa shape index (κ2) is 6.62. The van der Waals surface area contributed by atoms with E-state index in [0.29, 0.717) is 31.0 Å². The van der Waals surface area contributed by atoms with Gasteiger partial charge in [0.2, 0.25) is 5.91 Å². The van der Waals surface area contributed by atoms with E-state index in [2.05, 4.69) is 20.4 Å². The van der Waals surface area contributed by atoms with Gasteiger partial charge in [0.25, 0.3) is 5.78 Å². The van der Waals surface area contributed by atoms with Crippen molar-refractivity contribution in [2.45, 2.75) is 46.1 Å². The zero-order chi connectivity index (χ0) is 15.4. The SMILES string of the molecule is CCC(O)CCNC(=O)Cc1nc2nc(C)cc(C)n2n1. The number of fused-ring (bicyclic) bond motifs is 1. The number of aliphatic hydroxyl groups is 1. The summed E-state index contributed by atoms with van der Waals surface area (Å²) < 4.78 is 1.64. The molecule has 0 bridgehead atoms. The number of aryl methyl sites for hydroxylation is 2.